The van der Waals surface area contributed by atoms with Gasteiger partial charge in [0.05, 0.1) is 5.56 Å². The molecule has 0 fully saturated rings. The summed E-state index contributed by atoms with van der Waals surface area (Å²) < 4.78 is 14.2. The Hall–Kier alpha value is -1.62. The van der Waals surface area contributed by atoms with Crippen molar-refractivity contribution < 1.29 is 9.60 Å². The Labute approximate surface area is 113 Å². The normalized spacial score (nSPS) is 13.8. The van der Waals surface area contributed by atoms with Gasteiger partial charge in [-0.3, -0.25) is 0 Å². The molecule has 1 aromatic rings. The van der Waals surface area contributed by atoms with E-state index in [9.17, 15) is 4.39 Å². The summed E-state index contributed by atoms with van der Waals surface area (Å²) in [6.45, 7) is 5.71. The smallest absolute Gasteiger partial charge is 0.173 e. The first-order chi connectivity index (χ1) is 8.99. The largest absolute Gasteiger partial charge is 0.409 e. The van der Waals surface area contributed by atoms with E-state index in [4.69, 9.17) is 10.9 Å². The van der Waals surface area contributed by atoms with Gasteiger partial charge in [-0.05, 0) is 19.0 Å². The second-order valence-corrected chi connectivity index (χ2v) is 4.97. The Morgan fingerprint density at radius 1 is 1.53 bits per heavy atom. The molecule has 106 valence electrons. The molecule has 1 rings (SSSR count). The Kier molecular flexibility index (Phi) is 5.76. The van der Waals surface area contributed by atoms with Gasteiger partial charge >= 0.3 is 0 Å². The van der Waals surface area contributed by atoms with Crippen LogP contribution in [0.3, 0.4) is 0 Å². The third-order valence-corrected chi connectivity index (χ3v) is 3.22. The molecule has 5 heteroatoms. The number of rotatable bonds is 6. The quantitative estimate of drug-likeness (QED) is 0.360. The highest BCUT2D eigenvalue weighted by molar-refractivity contribution is 5.97. The first kappa shape index (κ1) is 15.4. The van der Waals surface area contributed by atoms with E-state index in [-0.39, 0.29) is 11.4 Å². The zero-order valence-corrected chi connectivity index (χ0v) is 11.7. The van der Waals surface area contributed by atoms with E-state index in [1.807, 2.05) is 7.05 Å². The minimum absolute atomic E-state index is 0.136. The van der Waals surface area contributed by atoms with Crippen molar-refractivity contribution in [1.29, 1.82) is 0 Å². The van der Waals surface area contributed by atoms with Crippen LogP contribution in [-0.2, 0) is 6.54 Å². The summed E-state index contributed by atoms with van der Waals surface area (Å²) in [6.07, 6.45) is 1.09. The highest BCUT2D eigenvalue weighted by Crippen LogP contribution is 2.15. The number of nitrogens with two attached hydrogens (primary N) is 1. The molecule has 0 aromatic heterocycles. The number of halogens is 1. The number of hydrogen-bond acceptors (Lipinski definition) is 3. The van der Waals surface area contributed by atoms with Crippen LogP contribution in [0, 0.1) is 11.7 Å². The Morgan fingerprint density at radius 3 is 2.79 bits per heavy atom. The molecule has 0 spiro atoms. The summed E-state index contributed by atoms with van der Waals surface area (Å²) in [4.78, 5) is 2.07. The first-order valence-electron chi connectivity index (χ1n) is 6.43. The van der Waals surface area contributed by atoms with Crippen LogP contribution >= 0.6 is 0 Å². The van der Waals surface area contributed by atoms with Crippen LogP contribution in [0.1, 0.15) is 31.4 Å². The van der Waals surface area contributed by atoms with Gasteiger partial charge < -0.3 is 15.8 Å². The molecule has 0 bridgehead atoms. The second-order valence-electron chi connectivity index (χ2n) is 4.97. The summed E-state index contributed by atoms with van der Waals surface area (Å²) >= 11 is 0. The van der Waals surface area contributed by atoms with E-state index in [0.29, 0.717) is 18.0 Å². The Morgan fingerprint density at radius 2 is 2.21 bits per heavy atom. The lowest BCUT2D eigenvalue weighted by Gasteiger charge is -2.21. The Bertz CT molecular complexity index is 448. The lowest BCUT2D eigenvalue weighted by molar-refractivity contribution is 0.271. The molecule has 1 atom stereocenters. The summed E-state index contributed by atoms with van der Waals surface area (Å²) in [5, 5.41) is 11.5. The molecule has 19 heavy (non-hydrogen) atoms. The molecule has 0 amide bonds. The van der Waals surface area contributed by atoms with Gasteiger partial charge in [0.1, 0.15) is 5.82 Å². The standard InChI is InChI=1S/C14H22FN3O/c1-4-10(2)8-18(3)9-11-6-5-7-12(13(11)15)14(16)17-19/h5-7,10,19H,4,8-9H2,1-3H3,(H2,16,17). The molecule has 4 nitrogen and oxygen atoms in total. The molecule has 0 aliphatic carbocycles. The van der Waals surface area contributed by atoms with Crippen LogP contribution < -0.4 is 5.73 Å². The minimum atomic E-state index is -0.422. The molecule has 0 aliphatic heterocycles. The van der Waals surface area contributed by atoms with Crippen molar-refractivity contribution in [3.8, 4) is 0 Å². The maximum atomic E-state index is 14.2. The highest BCUT2D eigenvalue weighted by atomic mass is 19.1. The lowest BCUT2D eigenvalue weighted by atomic mass is 10.1. The van der Waals surface area contributed by atoms with E-state index < -0.39 is 5.82 Å². The van der Waals surface area contributed by atoms with Gasteiger partial charge in [-0.1, -0.05) is 37.6 Å². The van der Waals surface area contributed by atoms with E-state index >= 15 is 0 Å². The van der Waals surface area contributed by atoms with Gasteiger partial charge in [0, 0.05) is 18.7 Å². The van der Waals surface area contributed by atoms with Crippen LogP contribution in [0.5, 0.6) is 0 Å². The van der Waals surface area contributed by atoms with E-state index in [2.05, 4.69) is 23.9 Å². The van der Waals surface area contributed by atoms with Crippen molar-refractivity contribution >= 4 is 5.84 Å². The third-order valence-electron chi connectivity index (χ3n) is 3.22. The summed E-state index contributed by atoms with van der Waals surface area (Å²) in [7, 11) is 1.96. The summed E-state index contributed by atoms with van der Waals surface area (Å²) in [5.74, 6) is -0.0574. The SMILES string of the molecule is CCC(C)CN(C)Cc1cccc(/C(N)=N/O)c1F. The maximum absolute atomic E-state index is 14.2. The van der Waals surface area contributed by atoms with Crippen molar-refractivity contribution in [2.45, 2.75) is 26.8 Å². The molecular formula is C14H22FN3O. The molecular weight excluding hydrogens is 245 g/mol. The van der Waals surface area contributed by atoms with Crippen molar-refractivity contribution in [2.24, 2.45) is 16.8 Å². The third kappa shape index (κ3) is 4.21. The zero-order valence-electron chi connectivity index (χ0n) is 11.7. The fourth-order valence-electron chi connectivity index (χ4n) is 1.97. The van der Waals surface area contributed by atoms with Gasteiger partial charge in [0.25, 0.3) is 0 Å². The molecule has 0 heterocycles. The molecule has 3 N–H and O–H groups in total. The molecule has 1 aromatic carbocycles. The zero-order chi connectivity index (χ0) is 14.4. The number of oxime groups is 1. The minimum Gasteiger partial charge on any atom is -0.409 e. The molecule has 0 saturated heterocycles. The highest BCUT2D eigenvalue weighted by Gasteiger charge is 2.13. The van der Waals surface area contributed by atoms with Crippen molar-refractivity contribution in [2.75, 3.05) is 13.6 Å². The molecule has 1 unspecified atom stereocenters. The van der Waals surface area contributed by atoms with Gasteiger partial charge in [-0.25, -0.2) is 4.39 Å². The summed E-state index contributed by atoms with van der Waals surface area (Å²) in [6, 6.07) is 4.93. The van der Waals surface area contributed by atoms with E-state index in [1.165, 1.54) is 6.07 Å². The van der Waals surface area contributed by atoms with Crippen LogP contribution in [0.4, 0.5) is 4.39 Å². The van der Waals surface area contributed by atoms with E-state index in [1.54, 1.807) is 12.1 Å². The monoisotopic (exact) mass is 267 g/mol. The van der Waals surface area contributed by atoms with Crippen LogP contribution in [0.25, 0.3) is 0 Å². The van der Waals surface area contributed by atoms with Gasteiger partial charge in [0.2, 0.25) is 0 Å². The van der Waals surface area contributed by atoms with Crippen molar-refractivity contribution in [1.82, 2.24) is 4.90 Å². The van der Waals surface area contributed by atoms with Crippen LogP contribution in [0.2, 0.25) is 0 Å². The molecule has 0 radical (unpaired) electrons. The van der Waals surface area contributed by atoms with Gasteiger partial charge in [-0.2, -0.15) is 0 Å². The maximum Gasteiger partial charge on any atom is 0.173 e. The lowest BCUT2D eigenvalue weighted by Crippen LogP contribution is -2.25. The summed E-state index contributed by atoms with van der Waals surface area (Å²) in [5.41, 5.74) is 6.13. The predicted molar refractivity (Wildman–Crippen MR) is 74.7 cm³/mol. The average Bonchev–Trinajstić information content (AvgIpc) is 2.40. The van der Waals surface area contributed by atoms with E-state index in [0.717, 1.165) is 13.0 Å². The average molecular weight is 267 g/mol. The Balaban J connectivity index is 2.85. The molecule has 0 saturated carbocycles. The van der Waals surface area contributed by atoms with Gasteiger partial charge in [-0.15, -0.1) is 0 Å². The fraction of sp³-hybridized carbons (Fsp3) is 0.500. The van der Waals surface area contributed by atoms with Crippen molar-refractivity contribution in [3.05, 3.63) is 35.1 Å². The number of benzene rings is 1. The van der Waals surface area contributed by atoms with Gasteiger partial charge in [0.15, 0.2) is 5.84 Å². The number of nitrogens with zero attached hydrogens (tertiary/aromatic N) is 2. The predicted octanol–water partition coefficient (Wildman–Crippen LogP) is 2.40. The van der Waals surface area contributed by atoms with Crippen molar-refractivity contribution in [3.63, 3.8) is 0 Å². The molecule has 0 aliphatic rings. The van der Waals surface area contributed by atoms with Crippen LogP contribution in [-0.4, -0.2) is 29.5 Å². The first-order valence-corrected chi connectivity index (χ1v) is 6.43. The fourth-order valence-corrected chi connectivity index (χ4v) is 1.97. The number of amidine groups is 1. The second kappa shape index (κ2) is 7.09. The topological polar surface area (TPSA) is 61.8 Å². The number of hydrogen-bond donors (Lipinski definition) is 2. The van der Waals surface area contributed by atoms with Crippen LogP contribution in [0.15, 0.2) is 23.4 Å².